The lowest BCUT2D eigenvalue weighted by Crippen LogP contribution is -2.14. The van der Waals surface area contributed by atoms with Crippen LogP contribution in [0, 0.1) is 11.3 Å². The summed E-state index contributed by atoms with van der Waals surface area (Å²) in [5.74, 6) is 1.63. The van der Waals surface area contributed by atoms with Crippen LogP contribution in [0.4, 0.5) is 0 Å². The summed E-state index contributed by atoms with van der Waals surface area (Å²) in [7, 11) is 3.27. The number of methoxy groups -OCH3 is 2. The summed E-state index contributed by atoms with van der Waals surface area (Å²) in [6.45, 7) is 1.35. The first-order valence-electron chi connectivity index (χ1n) is 5.10. The molecular weight excluding hydrogens is 204 g/mol. The number of nitrogens with zero attached hydrogens (tertiary/aromatic N) is 1. The highest BCUT2D eigenvalue weighted by Gasteiger charge is 2.04. The quantitative estimate of drug-likeness (QED) is 0.741. The number of nitrogens with one attached hydrogen (secondary N) is 1. The standard InChI is InChI=1S/C12H16N2O2/c1-15-11-4-5-12(16-2)10(8-11)9-14-7-3-6-13/h4-5,8,14H,3,7,9H2,1-2H3. The Morgan fingerprint density at radius 1 is 1.31 bits per heavy atom. The average Bonchev–Trinajstić information content (AvgIpc) is 2.34. The fourth-order valence-electron chi connectivity index (χ4n) is 1.39. The van der Waals surface area contributed by atoms with Crippen molar-refractivity contribution in [3.05, 3.63) is 23.8 Å². The van der Waals surface area contributed by atoms with Crippen LogP contribution in [0.3, 0.4) is 0 Å². The van der Waals surface area contributed by atoms with Crippen LogP contribution in [-0.2, 0) is 6.54 Å². The summed E-state index contributed by atoms with van der Waals surface area (Å²) >= 11 is 0. The summed E-state index contributed by atoms with van der Waals surface area (Å²) in [5, 5.41) is 11.6. The topological polar surface area (TPSA) is 54.3 Å². The molecule has 16 heavy (non-hydrogen) atoms. The minimum atomic E-state index is 0.506. The largest absolute Gasteiger partial charge is 0.497 e. The van der Waals surface area contributed by atoms with Gasteiger partial charge in [0.15, 0.2) is 0 Å². The van der Waals surface area contributed by atoms with Crippen LogP contribution in [0.25, 0.3) is 0 Å². The monoisotopic (exact) mass is 220 g/mol. The van der Waals surface area contributed by atoms with Crippen molar-refractivity contribution < 1.29 is 9.47 Å². The van der Waals surface area contributed by atoms with E-state index in [2.05, 4.69) is 11.4 Å². The third-order valence-electron chi connectivity index (χ3n) is 2.22. The van der Waals surface area contributed by atoms with Crippen molar-refractivity contribution in [2.45, 2.75) is 13.0 Å². The van der Waals surface area contributed by atoms with Gasteiger partial charge in [-0.05, 0) is 18.2 Å². The molecule has 0 aromatic heterocycles. The van der Waals surface area contributed by atoms with Gasteiger partial charge in [-0.1, -0.05) is 0 Å². The molecule has 0 aliphatic rings. The lowest BCUT2D eigenvalue weighted by molar-refractivity contribution is 0.397. The lowest BCUT2D eigenvalue weighted by atomic mass is 10.2. The zero-order chi connectivity index (χ0) is 11.8. The van der Waals surface area contributed by atoms with Gasteiger partial charge in [-0.3, -0.25) is 0 Å². The second-order valence-corrected chi connectivity index (χ2v) is 3.26. The SMILES string of the molecule is COc1ccc(OC)c(CNCCC#N)c1. The molecule has 0 unspecified atom stereocenters. The number of hydrogen-bond acceptors (Lipinski definition) is 4. The summed E-state index contributed by atoms with van der Waals surface area (Å²) in [5.41, 5.74) is 1.03. The third kappa shape index (κ3) is 3.44. The first-order chi connectivity index (χ1) is 7.81. The van der Waals surface area contributed by atoms with Crippen molar-refractivity contribution in [3.63, 3.8) is 0 Å². The summed E-state index contributed by atoms with van der Waals surface area (Å²) < 4.78 is 10.4. The van der Waals surface area contributed by atoms with Gasteiger partial charge in [0, 0.05) is 25.1 Å². The summed E-state index contributed by atoms with van der Waals surface area (Å²) in [6.07, 6.45) is 0.506. The molecule has 0 bridgehead atoms. The molecule has 0 aliphatic carbocycles. The number of benzene rings is 1. The zero-order valence-corrected chi connectivity index (χ0v) is 9.62. The van der Waals surface area contributed by atoms with E-state index in [-0.39, 0.29) is 0 Å². The molecule has 0 saturated carbocycles. The first-order valence-corrected chi connectivity index (χ1v) is 5.10. The van der Waals surface area contributed by atoms with E-state index in [0.717, 1.165) is 17.1 Å². The summed E-state index contributed by atoms with van der Waals surface area (Å²) in [4.78, 5) is 0. The van der Waals surface area contributed by atoms with Gasteiger partial charge in [0.2, 0.25) is 0 Å². The van der Waals surface area contributed by atoms with Gasteiger partial charge in [-0.25, -0.2) is 0 Å². The Hall–Kier alpha value is -1.73. The van der Waals surface area contributed by atoms with E-state index in [0.29, 0.717) is 19.5 Å². The first kappa shape index (κ1) is 12.3. The van der Waals surface area contributed by atoms with E-state index in [1.54, 1.807) is 14.2 Å². The highest BCUT2D eigenvalue weighted by Crippen LogP contribution is 2.23. The molecule has 0 atom stereocenters. The van der Waals surface area contributed by atoms with Crippen molar-refractivity contribution in [1.82, 2.24) is 5.32 Å². The maximum Gasteiger partial charge on any atom is 0.123 e. The molecular formula is C12H16N2O2. The molecule has 86 valence electrons. The number of rotatable bonds is 6. The van der Waals surface area contributed by atoms with Gasteiger partial charge in [0.05, 0.1) is 20.3 Å². The van der Waals surface area contributed by atoms with Crippen LogP contribution < -0.4 is 14.8 Å². The van der Waals surface area contributed by atoms with Crippen LogP contribution in [0.5, 0.6) is 11.5 Å². The molecule has 0 amide bonds. The maximum absolute atomic E-state index is 8.41. The smallest absolute Gasteiger partial charge is 0.123 e. The Labute approximate surface area is 95.8 Å². The molecule has 1 aromatic rings. The van der Waals surface area contributed by atoms with E-state index in [9.17, 15) is 0 Å². The average molecular weight is 220 g/mol. The molecule has 0 radical (unpaired) electrons. The van der Waals surface area contributed by atoms with Crippen LogP contribution in [0.1, 0.15) is 12.0 Å². The Bertz CT molecular complexity index is 372. The fraction of sp³-hybridized carbons (Fsp3) is 0.417. The van der Waals surface area contributed by atoms with Crippen molar-refractivity contribution in [1.29, 1.82) is 5.26 Å². The number of ether oxygens (including phenoxy) is 2. The van der Waals surface area contributed by atoms with E-state index < -0.39 is 0 Å². The van der Waals surface area contributed by atoms with Gasteiger partial charge in [0.1, 0.15) is 11.5 Å². The Morgan fingerprint density at radius 2 is 2.12 bits per heavy atom. The highest BCUT2D eigenvalue weighted by molar-refractivity contribution is 5.40. The zero-order valence-electron chi connectivity index (χ0n) is 9.62. The third-order valence-corrected chi connectivity index (χ3v) is 2.22. The molecule has 0 spiro atoms. The van der Waals surface area contributed by atoms with Crippen LogP contribution in [0.15, 0.2) is 18.2 Å². The van der Waals surface area contributed by atoms with Crippen molar-refractivity contribution in [3.8, 4) is 17.6 Å². The predicted molar refractivity (Wildman–Crippen MR) is 61.5 cm³/mol. The second kappa shape index (κ2) is 6.70. The minimum Gasteiger partial charge on any atom is -0.497 e. The van der Waals surface area contributed by atoms with Gasteiger partial charge >= 0.3 is 0 Å². The minimum absolute atomic E-state index is 0.506. The highest BCUT2D eigenvalue weighted by atomic mass is 16.5. The van der Waals surface area contributed by atoms with Gasteiger partial charge in [-0.15, -0.1) is 0 Å². The molecule has 0 aliphatic heterocycles. The molecule has 1 aromatic carbocycles. The molecule has 4 nitrogen and oxygen atoms in total. The lowest BCUT2D eigenvalue weighted by Gasteiger charge is -2.10. The summed E-state index contributed by atoms with van der Waals surface area (Å²) in [6, 6.07) is 7.75. The predicted octanol–water partition coefficient (Wildman–Crippen LogP) is 1.71. The molecule has 1 rings (SSSR count). The number of hydrogen-bond donors (Lipinski definition) is 1. The molecule has 0 fully saturated rings. The van der Waals surface area contributed by atoms with Gasteiger partial charge < -0.3 is 14.8 Å². The van der Waals surface area contributed by atoms with Gasteiger partial charge in [0.25, 0.3) is 0 Å². The molecule has 0 heterocycles. The van der Waals surface area contributed by atoms with Crippen LogP contribution in [-0.4, -0.2) is 20.8 Å². The van der Waals surface area contributed by atoms with Crippen LogP contribution >= 0.6 is 0 Å². The maximum atomic E-state index is 8.41. The molecule has 0 saturated heterocycles. The Morgan fingerprint density at radius 3 is 2.75 bits per heavy atom. The Balaban J connectivity index is 2.64. The van der Waals surface area contributed by atoms with Crippen molar-refractivity contribution >= 4 is 0 Å². The van der Waals surface area contributed by atoms with Crippen molar-refractivity contribution in [2.24, 2.45) is 0 Å². The number of nitriles is 1. The normalized spacial score (nSPS) is 9.56. The van der Waals surface area contributed by atoms with E-state index in [4.69, 9.17) is 14.7 Å². The van der Waals surface area contributed by atoms with Gasteiger partial charge in [-0.2, -0.15) is 5.26 Å². The second-order valence-electron chi connectivity index (χ2n) is 3.26. The van der Waals surface area contributed by atoms with E-state index in [1.807, 2.05) is 18.2 Å². The fourth-order valence-corrected chi connectivity index (χ4v) is 1.39. The van der Waals surface area contributed by atoms with E-state index in [1.165, 1.54) is 0 Å². The molecule has 4 heteroatoms. The van der Waals surface area contributed by atoms with E-state index >= 15 is 0 Å². The van der Waals surface area contributed by atoms with Crippen molar-refractivity contribution in [2.75, 3.05) is 20.8 Å². The Kier molecular flexibility index (Phi) is 5.17. The molecule has 1 N–H and O–H groups in total. The van der Waals surface area contributed by atoms with Crippen LogP contribution in [0.2, 0.25) is 0 Å².